The van der Waals surface area contributed by atoms with E-state index in [0.29, 0.717) is 13.2 Å². The quantitative estimate of drug-likeness (QED) is 0.742. The first-order valence-electron chi connectivity index (χ1n) is 6.78. The Morgan fingerprint density at radius 1 is 1.27 bits per heavy atom. The first-order chi connectivity index (χ1) is 9.48. The lowest BCUT2D eigenvalue weighted by Gasteiger charge is -2.25. The van der Waals surface area contributed by atoms with Gasteiger partial charge in [-0.25, -0.2) is 0 Å². The van der Waals surface area contributed by atoms with Crippen LogP contribution in [-0.4, -0.2) is 51.2 Å². The molecule has 1 aromatic rings. The SMILES string of the molecule is COCCN(C)CCNC(=O)C(C)(N)c1ccccc1.Cl.Cl. The molecule has 0 heterocycles. The van der Waals surface area contributed by atoms with Crippen molar-refractivity contribution >= 4 is 30.7 Å². The summed E-state index contributed by atoms with van der Waals surface area (Å²) in [4.78, 5) is 14.3. The summed E-state index contributed by atoms with van der Waals surface area (Å²) in [6.45, 7) is 4.58. The van der Waals surface area contributed by atoms with Gasteiger partial charge in [-0.05, 0) is 19.5 Å². The predicted molar refractivity (Wildman–Crippen MR) is 94.9 cm³/mol. The Balaban J connectivity index is 0. The molecule has 0 saturated heterocycles. The Morgan fingerprint density at radius 3 is 2.41 bits per heavy atom. The number of hydrogen-bond acceptors (Lipinski definition) is 4. The predicted octanol–water partition coefficient (Wildman–Crippen LogP) is 1.40. The molecule has 0 aliphatic rings. The van der Waals surface area contributed by atoms with E-state index in [0.717, 1.165) is 18.7 Å². The van der Waals surface area contributed by atoms with Crippen molar-refractivity contribution in [2.24, 2.45) is 5.73 Å². The van der Waals surface area contributed by atoms with Gasteiger partial charge in [0.1, 0.15) is 5.54 Å². The highest BCUT2D eigenvalue weighted by Crippen LogP contribution is 2.17. The maximum Gasteiger partial charge on any atom is 0.244 e. The average molecular weight is 352 g/mol. The van der Waals surface area contributed by atoms with Gasteiger partial charge in [0.05, 0.1) is 6.61 Å². The second kappa shape index (κ2) is 11.7. The molecule has 1 amide bonds. The van der Waals surface area contributed by atoms with Crippen LogP contribution in [0, 0.1) is 0 Å². The number of methoxy groups -OCH3 is 1. The van der Waals surface area contributed by atoms with E-state index in [1.165, 1.54) is 0 Å². The van der Waals surface area contributed by atoms with Crippen LogP contribution in [0.5, 0.6) is 0 Å². The minimum absolute atomic E-state index is 0. The Morgan fingerprint density at radius 2 is 1.86 bits per heavy atom. The second-order valence-corrected chi connectivity index (χ2v) is 5.12. The van der Waals surface area contributed by atoms with Gasteiger partial charge in [-0.3, -0.25) is 4.79 Å². The zero-order valence-electron chi connectivity index (χ0n) is 13.4. The smallest absolute Gasteiger partial charge is 0.244 e. The van der Waals surface area contributed by atoms with Crippen molar-refractivity contribution in [3.05, 3.63) is 35.9 Å². The molecule has 3 N–H and O–H groups in total. The number of nitrogens with one attached hydrogen (secondary N) is 1. The van der Waals surface area contributed by atoms with Crippen LogP contribution in [0.25, 0.3) is 0 Å². The number of nitrogens with zero attached hydrogens (tertiary/aromatic N) is 1. The van der Waals surface area contributed by atoms with Gasteiger partial charge in [0, 0.05) is 26.7 Å². The van der Waals surface area contributed by atoms with Crippen LogP contribution in [0.3, 0.4) is 0 Å². The van der Waals surface area contributed by atoms with E-state index in [2.05, 4.69) is 10.2 Å². The molecule has 0 saturated carbocycles. The molecule has 7 heteroatoms. The number of rotatable bonds is 8. The largest absolute Gasteiger partial charge is 0.383 e. The molecule has 0 aromatic heterocycles. The van der Waals surface area contributed by atoms with Crippen LogP contribution >= 0.6 is 24.8 Å². The summed E-state index contributed by atoms with van der Waals surface area (Å²) >= 11 is 0. The Bertz CT molecular complexity index is 417. The van der Waals surface area contributed by atoms with Crippen LogP contribution in [0.15, 0.2) is 30.3 Å². The Hall–Kier alpha value is -0.850. The fourth-order valence-corrected chi connectivity index (χ4v) is 1.82. The summed E-state index contributed by atoms with van der Waals surface area (Å²) in [5, 5.41) is 2.88. The minimum Gasteiger partial charge on any atom is -0.383 e. The average Bonchev–Trinajstić information content (AvgIpc) is 2.45. The summed E-state index contributed by atoms with van der Waals surface area (Å²) in [6.07, 6.45) is 0. The third-order valence-electron chi connectivity index (χ3n) is 3.30. The van der Waals surface area contributed by atoms with E-state index < -0.39 is 5.54 Å². The summed E-state index contributed by atoms with van der Waals surface area (Å²) < 4.78 is 5.00. The van der Waals surface area contributed by atoms with Gasteiger partial charge in [-0.1, -0.05) is 30.3 Å². The van der Waals surface area contributed by atoms with Gasteiger partial charge in [0.15, 0.2) is 0 Å². The van der Waals surface area contributed by atoms with Crippen LogP contribution in [-0.2, 0) is 15.1 Å². The maximum atomic E-state index is 12.2. The number of carbonyl (C=O) groups is 1. The highest BCUT2D eigenvalue weighted by Gasteiger charge is 2.29. The molecule has 1 aromatic carbocycles. The Labute approximate surface area is 145 Å². The second-order valence-electron chi connectivity index (χ2n) is 5.12. The first-order valence-corrected chi connectivity index (χ1v) is 6.78. The summed E-state index contributed by atoms with van der Waals surface area (Å²) in [6, 6.07) is 9.40. The number of amides is 1. The number of likely N-dealkylation sites (N-methyl/N-ethyl adjacent to an activating group) is 1. The highest BCUT2D eigenvalue weighted by atomic mass is 35.5. The van der Waals surface area contributed by atoms with Crippen LogP contribution < -0.4 is 11.1 Å². The lowest BCUT2D eigenvalue weighted by atomic mass is 9.92. The van der Waals surface area contributed by atoms with Gasteiger partial charge in [0.2, 0.25) is 5.91 Å². The van der Waals surface area contributed by atoms with Gasteiger partial charge in [-0.2, -0.15) is 0 Å². The number of nitrogens with two attached hydrogens (primary N) is 1. The zero-order valence-corrected chi connectivity index (χ0v) is 15.0. The molecule has 5 nitrogen and oxygen atoms in total. The molecule has 0 fully saturated rings. The van der Waals surface area contributed by atoms with E-state index >= 15 is 0 Å². The highest BCUT2D eigenvalue weighted by molar-refractivity contribution is 5.87. The minimum atomic E-state index is -1.01. The number of benzene rings is 1. The van der Waals surface area contributed by atoms with Crippen molar-refractivity contribution in [3.8, 4) is 0 Å². The molecule has 0 radical (unpaired) electrons. The molecule has 22 heavy (non-hydrogen) atoms. The fourth-order valence-electron chi connectivity index (χ4n) is 1.82. The number of hydrogen-bond donors (Lipinski definition) is 2. The molecule has 0 aliphatic carbocycles. The number of carbonyl (C=O) groups excluding carboxylic acids is 1. The standard InChI is InChI=1S/C15H25N3O2.2ClH/c1-15(16,13-7-5-4-6-8-13)14(19)17-9-10-18(2)11-12-20-3;;/h4-8H,9-12,16H2,1-3H3,(H,17,19);2*1H. The molecule has 0 bridgehead atoms. The van der Waals surface area contributed by atoms with E-state index in [1.807, 2.05) is 37.4 Å². The normalized spacial score (nSPS) is 12.8. The van der Waals surface area contributed by atoms with E-state index in [-0.39, 0.29) is 30.7 Å². The summed E-state index contributed by atoms with van der Waals surface area (Å²) in [5.74, 6) is -0.163. The van der Waals surface area contributed by atoms with Crippen molar-refractivity contribution in [2.75, 3.05) is 40.4 Å². The monoisotopic (exact) mass is 351 g/mol. The number of ether oxygens (including phenoxy) is 1. The molecule has 0 spiro atoms. The maximum absolute atomic E-state index is 12.2. The fraction of sp³-hybridized carbons (Fsp3) is 0.533. The molecule has 128 valence electrons. The molecular formula is C15H27Cl2N3O2. The molecule has 1 rings (SSSR count). The van der Waals surface area contributed by atoms with E-state index in [4.69, 9.17) is 10.5 Å². The lowest BCUT2D eigenvalue weighted by molar-refractivity contribution is -0.126. The van der Waals surface area contributed by atoms with E-state index in [1.54, 1.807) is 14.0 Å². The van der Waals surface area contributed by atoms with Crippen molar-refractivity contribution in [1.82, 2.24) is 10.2 Å². The van der Waals surface area contributed by atoms with Crippen molar-refractivity contribution in [3.63, 3.8) is 0 Å². The number of halogens is 2. The van der Waals surface area contributed by atoms with Gasteiger partial charge < -0.3 is 20.7 Å². The lowest BCUT2D eigenvalue weighted by Crippen LogP contribution is -2.50. The van der Waals surface area contributed by atoms with E-state index in [9.17, 15) is 4.79 Å². The van der Waals surface area contributed by atoms with Crippen molar-refractivity contribution < 1.29 is 9.53 Å². The first kappa shape index (κ1) is 23.4. The molecule has 1 atom stereocenters. The molecule has 1 unspecified atom stereocenters. The summed E-state index contributed by atoms with van der Waals surface area (Å²) in [7, 11) is 3.67. The third kappa shape index (κ3) is 7.42. The van der Waals surface area contributed by atoms with Gasteiger partial charge >= 0.3 is 0 Å². The van der Waals surface area contributed by atoms with Gasteiger partial charge in [0.25, 0.3) is 0 Å². The third-order valence-corrected chi connectivity index (χ3v) is 3.30. The van der Waals surface area contributed by atoms with Gasteiger partial charge in [-0.15, -0.1) is 24.8 Å². The van der Waals surface area contributed by atoms with Crippen molar-refractivity contribution in [1.29, 1.82) is 0 Å². The Kier molecular flexibility index (Phi) is 12.4. The molecule has 0 aliphatic heterocycles. The van der Waals surface area contributed by atoms with Crippen LogP contribution in [0.2, 0.25) is 0 Å². The van der Waals surface area contributed by atoms with Crippen LogP contribution in [0.4, 0.5) is 0 Å². The van der Waals surface area contributed by atoms with Crippen LogP contribution in [0.1, 0.15) is 12.5 Å². The zero-order chi connectivity index (χ0) is 15.0. The molecular weight excluding hydrogens is 325 g/mol. The summed E-state index contributed by atoms with van der Waals surface area (Å²) in [5.41, 5.74) is 5.94. The topological polar surface area (TPSA) is 67.6 Å². The van der Waals surface area contributed by atoms with Crippen molar-refractivity contribution in [2.45, 2.75) is 12.5 Å².